The Bertz CT molecular complexity index is 488. The third-order valence-electron chi connectivity index (χ3n) is 2.58. The van der Waals surface area contributed by atoms with Gasteiger partial charge in [-0.05, 0) is 38.6 Å². The molecule has 1 atom stereocenters. The molecule has 0 fully saturated rings. The second-order valence-corrected chi connectivity index (χ2v) is 6.49. The highest BCUT2D eigenvalue weighted by molar-refractivity contribution is 9.10. The van der Waals surface area contributed by atoms with Crippen LogP contribution in [-0.2, 0) is 10.0 Å². The molecule has 0 amide bonds. The maximum Gasteiger partial charge on any atom is 0.240 e. The van der Waals surface area contributed by atoms with Crippen LogP contribution in [-0.4, -0.2) is 28.1 Å². The van der Waals surface area contributed by atoms with Crippen molar-refractivity contribution in [2.45, 2.75) is 24.8 Å². The molecule has 96 valence electrons. The Morgan fingerprint density at radius 3 is 2.65 bits per heavy atom. The molecule has 17 heavy (non-hydrogen) atoms. The minimum absolute atomic E-state index is 0.0947. The summed E-state index contributed by atoms with van der Waals surface area (Å²) in [6, 6.07) is 5.24. The summed E-state index contributed by atoms with van der Waals surface area (Å²) in [5, 5.41) is 2.98. The van der Waals surface area contributed by atoms with Crippen molar-refractivity contribution in [3.63, 3.8) is 0 Å². The van der Waals surface area contributed by atoms with Crippen molar-refractivity contribution in [3.8, 4) is 0 Å². The van der Waals surface area contributed by atoms with Gasteiger partial charge in [-0.3, -0.25) is 0 Å². The van der Waals surface area contributed by atoms with Gasteiger partial charge in [-0.15, -0.1) is 0 Å². The van der Waals surface area contributed by atoms with E-state index in [4.69, 9.17) is 0 Å². The summed E-state index contributed by atoms with van der Waals surface area (Å²) in [6.07, 6.45) is 0. The molecule has 0 heterocycles. The van der Waals surface area contributed by atoms with E-state index in [2.05, 4.69) is 26.0 Å². The molecule has 2 N–H and O–H groups in total. The van der Waals surface area contributed by atoms with Crippen LogP contribution in [0.2, 0.25) is 0 Å². The molecule has 0 aromatic heterocycles. The Labute approximate surface area is 111 Å². The minimum Gasteiger partial charge on any atom is -0.316 e. The first kappa shape index (κ1) is 14.6. The van der Waals surface area contributed by atoms with Crippen molar-refractivity contribution < 1.29 is 8.42 Å². The van der Waals surface area contributed by atoms with Gasteiger partial charge in [0.05, 0.1) is 4.90 Å². The van der Waals surface area contributed by atoms with Gasteiger partial charge in [0.2, 0.25) is 10.0 Å². The van der Waals surface area contributed by atoms with Gasteiger partial charge in [-0.1, -0.05) is 22.0 Å². The maximum absolute atomic E-state index is 12.1. The number of benzene rings is 1. The van der Waals surface area contributed by atoms with E-state index in [1.165, 1.54) is 0 Å². The molecule has 0 aliphatic carbocycles. The fraction of sp³-hybridized carbons (Fsp3) is 0.455. The highest BCUT2D eigenvalue weighted by atomic mass is 79.9. The second kappa shape index (κ2) is 5.95. The van der Waals surface area contributed by atoms with Gasteiger partial charge >= 0.3 is 0 Å². The summed E-state index contributed by atoms with van der Waals surface area (Å²) < 4.78 is 27.5. The maximum atomic E-state index is 12.1. The van der Waals surface area contributed by atoms with Gasteiger partial charge in [0.15, 0.2) is 0 Å². The molecule has 0 aliphatic heterocycles. The Morgan fingerprint density at radius 2 is 2.06 bits per heavy atom. The van der Waals surface area contributed by atoms with Crippen LogP contribution in [0.25, 0.3) is 0 Å². The lowest BCUT2D eigenvalue weighted by molar-refractivity contribution is 0.554. The predicted octanol–water partition coefficient (Wildman–Crippen LogP) is 1.64. The number of hydrogen-bond donors (Lipinski definition) is 2. The van der Waals surface area contributed by atoms with Crippen molar-refractivity contribution in [3.05, 3.63) is 28.2 Å². The Kier molecular flexibility index (Phi) is 5.12. The first-order valence-electron chi connectivity index (χ1n) is 5.30. The average Bonchev–Trinajstić information content (AvgIpc) is 2.29. The molecule has 1 aromatic carbocycles. The number of likely N-dealkylation sites (N-methyl/N-ethyl adjacent to an activating group) is 1. The third-order valence-corrected chi connectivity index (χ3v) is 5.01. The zero-order chi connectivity index (χ0) is 13.1. The predicted molar refractivity (Wildman–Crippen MR) is 72.6 cm³/mol. The van der Waals surface area contributed by atoms with Crippen LogP contribution in [0.4, 0.5) is 0 Å². The number of hydrogen-bond acceptors (Lipinski definition) is 3. The van der Waals surface area contributed by atoms with E-state index in [0.29, 0.717) is 11.4 Å². The summed E-state index contributed by atoms with van der Waals surface area (Å²) >= 11 is 3.33. The molecule has 0 saturated carbocycles. The zero-order valence-corrected chi connectivity index (χ0v) is 12.5. The first-order valence-corrected chi connectivity index (χ1v) is 7.58. The number of halogens is 1. The second-order valence-electron chi connectivity index (χ2n) is 3.90. The molecular weight excluding hydrogens is 304 g/mol. The van der Waals surface area contributed by atoms with Crippen molar-refractivity contribution in [1.82, 2.24) is 10.0 Å². The van der Waals surface area contributed by atoms with Crippen LogP contribution in [0.3, 0.4) is 0 Å². The normalized spacial score (nSPS) is 13.6. The SMILES string of the molecule is CNC(C)CNS(=O)(=O)c1cccc(Br)c1C. The quantitative estimate of drug-likeness (QED) is 0.867. The number of sulfonamides is 1. The topological polar surface area (TPSA) is 58.2 Å². The fourth-order valence-electron chi connectivity index (χ4n) is 1.29. The summed E-state index contributed by atoms with van der Waals surface area (Å²) in [5.74, 6) is 0. The molecule has 1 rings (SSSR count). The van der Waals surface area contributed by atoms with Crippen LogP contribution < -0.4 is 10.0 Å². The van der Waals surface area contributed by atoms with Gasteiger partial charge in [0.1, 0.15) is 0 Å². The lowest BCUT2D eigenvalue weighted by Gasteiger charge is -2.13. The summed E-state index contributed by atoms with van der Waals surface area (Å²) in [6.45, 7) is 4.06. The van der Waals surface area contributed by atoms with Gasteiger partial charge in [-0.25, -0.2) is 13.1 Å². The Hall–Kier alpha value is -0.430. The van der Waals surface area contributed by atoms with Gasteiger partial charge in [-0.2, -0.15) is 0 Å². The van der Waals surface area contributed by atoms with Crippen LogP contribution in [0, 0.1) is 6.92 Å². The van der Waals surface area contributed by atoms with E-state index >= 15 is 0 Å². The van der Waals surface area contributed by atoms with E-state index in [9.17, 15) is 8.42 Å². The van der Waals surface area contributed by atoms with Crippen molar-refractivity contribution in [1.29, 1.82) is 0 Å². The van der Waals surface area contributed by atoms with Crippen LogP contribution in [0.1, 0.15) is 12.5 Å². The zero-order valence-electron chi connectivity index (χ0n) is 10.1. The van der Waals surface area contributed by atoms with E-state index < -0.39 is 10.0 Å². The van der Waals surface area contributed by atoms with Gasteiger partial charge in [0, 0.05) is 17.1 Å². The Balaban J connectivity index is 2.94. The largest absolute Gasteiger partial charge is 0.316 e. The lowest BCUT2D eigenvalue weighted by atomic mass is 10.2. The molecule has 0 bridgehead atoms. The van der Waals surface area contributed by atoms with Gasteiger partial charge < -0.3 is 5.32 Å². The van der Waals surface area contributed by atoms with Crippen LogP contribution in [0.15, 0.2) is 27.6 Å². The number of rotatable bonds is 5. The molecular formula is C11H17BrN2O2S. The van der Waals surface area contributed by atoms with Crippen molar-refractivity contribution >= 4 is 26.0 Å². The highest BCUT2D eigenvalue weighted by Gasteiger charge is 2.18. The van der Waals surface area contributed by atoms with E-state index in [0.717, 1.165) is 10.0 Å². The molecule has 1 unspecified atom stereocenters. The highest BCUT2D eigenvalue weighted by Crippen LogP contribution is 2.22. The fourth-order valence-corrected chi connectivity index (χ4v) is 3.19. The van der Waals surface area contributed by atoms with Crippen LogP contribution in [0.5, 0.6) is 0 Å². The molecule has 4 nitrogen and oxygen atoms in total. The van der Waals surface area contributed by atoms with Crippen molar-refractivity contribution in [2.24, 2.45) is 0 Å². The third kappa shape index (κ3) is 3.77. The first-order chi connectivity index (χ1) is 7.88. The van der Waals surface area contributed by atoms with E-state index in [1.54, 1.807) is 26.1 Å². The summed E-state index contributed by atoms with van der Waals surface area (Å²) in [5.41, 5.74) is 0.720. The summed E-state index contributed by atoms with van der Waals surface area (Å²) in [4.78, 5) is 0.315. The monoisotopic (exact) mass is 320 g/mol. The molecule has 0 spiro atoms. The number of nitrogens with one attached hydrogen (secondary N) is 2. The standard InChI is InChI=1S/C11H17BrN2O2S/c1-8(13-3)7-14-17(15,16)11-6-4-5-10(12)9(11)2/h4-6,8,13-14H,7H2,1-3H3. The minimum atomic E-state index is -3.44. The van der Waals surface area contributed by atoms with Crippen LogP contribution >= 0.6 is 15.9 Å². The molecule has 1 aromatic rings. The molecule has 0 saturated heterocycles. The Morgan fingerprint density at radius 1 is 1.41 bits per heavy atom. The average molecular weight is 321 g/mol. The van der Waals surface area contributed by atoms with Crippen molar-refractivity contribution in [2.75, 3.05) is 13.6 Å². The lowest BCUT2D eigenvalue weighted by Crippen LogP contribution is -2.37. The molecule has 6 heteroatoms. The molecule has 0 aliphatic rings. The molecule has 0 radical (unpaired) electrons. The van der Waals surface area contributed by atoms with E-state index in [1.807, 2.05) is 13.0 Å². The summed E-state index contributed by atoms with van der Waals surface area (Å²) in [7, 11) is -1.64. The smallest absolute Gasteiger partial charge is 0.240 e. The van der Waals surface area contributed by atoms with Gasteiger partial charge in [0.25, 0.3) is 0 Å². The van der Waals surface area contributed by atoms with E-state index in [-0.39, 0.29) is 6.04 Å².